The molecule has 0 saturated heterocycles. The first kappa shape index (κ1) is 32.2. The number of alkyl halides is 3. The van der Waals surface area contributed by atoms with Crippen LogP contribution in [0.4, 0.5) is 29.7 Å². The van der Waals surface area contributed by atoms with Crippen molar-refractivity contribution in [3.8, 4) is 0 Å². The molecule has 1 heterocycles. The molecule has 2 N–H and O–H groups in total. The fraction of sp³-hybridized carbons (Fsp3) is 0.484. The first-order valence-electron chi connectivity index (χ1n) is 14.3. The molecule has 1 atom stereocenters. The van der Waals surface area contributed by atoms with Gasteiger partial charge in [0.15, 0.2) is 0 Å². The van der Waals surface area contributed by atoms with Crippen LogP contribution in [0.3, 0.4) is 0 Å². The Morgan fingerprint density at radius 3 is 2.42 bits per heavy atom. The Morgan fingerprint density at radius 2 is 1.81 bits per heavy atom. The number of aromatic nitrogens is 2. The Labute approximate surface area is 253 Å². The number of nitrogens with one attached hydrogen (secondary N) is 1. The van der Waals surface area contributed by atoms with Crippen LogP contribution >= 0.6 is 11.5 Å². The topological polar surface area (TPSA) is 105 Å². The van der Waals surface area contributed by atoms with Crippen molar-refractivity contribution in [2.75, 3.05) is 23.9 Å². The average Bonchev–Trinajstić information content (AvgIpc) is 3.45. The van der Waals surface area contributed by atoms with Crippen molar-refractivity contribution in [1.29, 1.82) is 0 Å². The maximum Gasteiger partial charge on any atom is 0.452 e. The number of esters is 1. The first-order valence-corrected chi connectivity index (χ1v) is 15.1. The number of nitrogens with zero attached hydrogens (tertiary/aromatic N) is 3. The average molecular weight is 619 g/mol. The highest BCUT2D eigenvalue weighted by Crippen LogP contribution is 2.41. The lowest BCUT2D eigenvalue weighted by Crippen LogP contribution is -2.40. The molecule has 0 amide bonds. The second-order valence-corrected chi connectivity index (χ2v) is 12.2. The number of methoxy groups -OCH3 is 1. The number of hydrogen-bond donors (Lipinski definition) is 2. The summed E-state index contributed by atoms with van der Waals surface area (Å²) in [6.45, 7) is 6.82. The van der Waals surface area contributed by atoms with Gasteiger partial charge in [0.1, 0.15) is 0 Å². The number of carboxylic acid groups (broad SMARTS) is 1. The van der Waals surface area contributed by atoms with E-state index in [0.29, 0.717) is 29.3 Å². The Balaban J connectivity index is 1.66. The zero-order valence-electron chi connectivity index (χ0n) is 24.6. The number of ether oxygens (including phenoxy) is 1. The quantitative estimate of drug-likeness (QED) is 0.209. The standard InChI is InChI=1S/C31H37F3N4O4S/c1-18(2)17-38(22-12-9-20(10-13-22)23-7-5-6-8-24(23)28(40)41)26-14-11-21(19(3)15-27(39)42-4)16-25(26)35-30-36-29(37-43-30)31(32,33)34/h5-8,11,14,16,18-20,22H,9-10,12-13,15,17H2,1-4H3,(H,40,41)(H,35,36,37)/t19-,20?,22?/m1/s1. The van der Waals surface area contributed by atoms with Gasteiger partial charge >= 0.3 is 18.1 Å². The molecule has 0 unspecified atom stereocenters. The minimum absolute atomic E-state index is 0.0184. The van der Waals surface area contributed by atoms with Crippen molar-refractivity contribution in [2.45, 2.75) is 76.9 Å². The van der Waals surface area contributed by atoms with Crippen LogP contribution in [-0.4, -0.2) is 46.1 Å². The van der Waals surface area contributed by atoms with Crippen LogP contribution in [0.25, 0.3) is 0 Å². The summed E-state index contributed by atoms with van der Waals surface area (Å²) in [5, 5.41) is 12.8. The summed E-state index contributed by atoms with van der Waals surface area (Å²) in [5.41, 5.74) is 3.42. The van der Waals surface area contributed by atoms with E-state index in [1.807, 2.05) is 37.3 Å². The van der Waals surface area contributed by atoms with Gasteiger partial charge in [-0.05, 0) is 72.8 Å². The van der Waals surface area contributed by atoms with Gasteiger partial charge in [0.25, 0.3) is 0 Å². The third-order valence-corrected chi connectivity index (χ3v) is 8.48. The van der Waals surface area contributed by atoms with Crippen molar-refractivity contribution < 1.29 is 32.6 Å². The van der Waals surface area contributed by atoms with E-state index in [4.69, 9.17) is 4.74 Å². The van der Waals surface area contributed by atoms with Gasteiger partial charge in [-0.25, -0.2) is 4.79 Å². The Morgan fingerprint density at radius 1 is 1.12 bits per heavy atom. The highest BCUT2D eigenvalue weighted by Gasteiger charge is 2.36. The lowest BCUT2D eigenvalue weighted by Gasteiger charge is -2.40. The Hall–Kier alpha value is -3.67. The van der Waals surface area contributed by atoms with Crippen molar-refractivity contribution in [3.63, 3.8) is 0 Å². The first-order chi connectivity index (χ1) is 20.4. The van der Waals surface area contributed by atoms with Crippen LogP contribution in [0.1, 0.15) is 92.0 Å². The smallest absolute Gasteiger partial charge is 0.452 e. The van der Waals surface area contributed by atoms with E-state index in [1.165, 1.54) is 7.11 Å². The molecule has 1 aliphatic rings. The number of anilines is 3. The molecule has 0 bridgehead atoms. The van der Waals surface area contributed by atoms with Crippen LogP contribution in [0, 0.1) is 5.92 Å². The summed E-state index contributed by atoms with van der Waals surface area (Å²) in [4.78, 5) is 29.8. The zero-order valence-corrected chi connectivity index (χ0v) is 25.5. The third kappa shape index (κ3) is 8.04. The largest absolute Gasteiger partial charge is 0.478 e. The zero-order chi connectivity index (χ0) is 31.3. The second kappa shape index (κ2) is 13.7. The van der Waals surface area contributed by atoms with Crippen molar-refractivity contribution in [1.82, 2.24) is 9.36 Å². The van der Waals surface area contributed by atoms with Crippen LogP contribution in [0.15, 0.2) is 42.5 Å². The van der Waals surface area contributed by atoms with Gasteiger partial charge in [-0.1, -0.05) is 45.0 Å². The van der Waals surface area contributed by atoms with E-state index < -0.39 is 18.0 Å². The minimum atomic E-state index is -4.66. The highest BCUT2D eigenvalue weighted by molar-refractivity contribution is 7.09. The molecule has 232 valence electrons. The molecular formula is C31H37F3N4O4S. The molecule has 0 aliphatic heterocycles. The van der Waals surface area contributed by atoms with Gasteiger partial charge in [0.05, 0.1) is 30.5 Å². The number of benzene rings is 2. The molecule has 1 aliphatic carbocycles. The lowest BCUT2D eigenvalue weighted by atomic mass is 9.79. The summed E-state index contributed by atoms with van der Waals surface area (Å²) in [5.74, 6) is -2.25. The number of hydrogen-bond acceptors (Lipinski definition) is 8. The van der Waals surface area contributed by atoms with Gasteiger partial charge in [0.2, 0.25) is 11.0 Å². The monoisotopic (exact) mass is 618 g/mol. The molecule has 1 aromatic heterocycles. The molecular weight excluding hydrogens is 581 g/mol. The number of rotatable bonds is 11. The maximum atomic E-state index is 13.3. The van der Waals surface area contributed by atoms with Crippen molar-refractivity contribution in [3.05, 3.63) is 65.0 Å². The normalized spacial score (nSPS) is 17.9. The minimum Gasteiger partial charge on any atom is -0.478 e. The molecule has 4 rings (SSSR count). The molecule has 12 heteroatoms. The van der Waals surface area contributed by atoms with E-state index in [2.05, 4.69) is 33.4 Å². The molecule has 1 fully saturated rings. The van der Waals surface area contributed by atoms with E-state index >= 15 is 0 Å². The predicted molar refractivity (Wildman–Crippen MR) is 160 cm³/mol. The van der Waals surface area contributed by atoms with E-state index in [1.54, 1.807) is 12.1 Å². The Kier molecular flexibility index (Phi) is 10.3. The summed E-state index contributed by atoms with van der Waals surface area (Å²) in [7, 11) is 1.33. The van der Waals surface area contributed by atoms with Crippen molar-refractivity contribution in [2.24, 2.45) is 5.92 Å². The number of carbonyl (C=O) groups excluding carboxylic acids is 1. The lowest BCUT2D eigenvalue weighted by molar-refractivity contribution is -0.144. The van der Waals surface area contributed by atoms with Crippen LogP contribution in [0.5, 0.6) is 0 Å². The highest BCUT2D eigenvalue weighted by atomic mass is 32.1. The molecule has 43 heavy (non-hydrogen) atoms. The summed E-state index contributed by atoms with van der Waals surface area (Å²) in [6.07, 6.45) is -1.23. The van der Waals surface area contributed by atoms with Gasteiger partial charge < -0.3 is 20.1 Å². The fourth-order valence-corrected chi connectivity index (χ4v) is 6.35. The van der Waals surface area contributed by atoms with Crippen molar-refractivity contribution >= 4 is 40.0 Å². The number of carbonyl (C=O) groups is 2. The molecule has 1 saturated carbocycles. The number of halogens is 3. The van der Waals surface area contributed by atoms with Crippen LogP contribution < -0.4 is 10.2 Å². The molecule has 2 aromatic carbocycles. The number of aromatic carboxylic acids is 1. The summed E-state index contributed by atoms with van der Waals surface area (Å²) < 4.78 is 48.1. The van der Waals surface area contributed by atoms with Gasteiger partial charge in [-0.3, -0.25) is 4.79 Å². The summed E-state index contributed by atoms with van der Waals surface area (Å²) in [6, 6.07) is 13.0. The molecule has 8 nitrogen and oxygen atoms in total. The number of carboxylic acids is 1. The molecule has 0 spiro atoms. The second-order valence-electron chi connectivity index (χ2n) is 11.4. The van der Waals surface area contributed by atoms with Crippen LogP contribution in [-0.2, 0) is 15.7 Å². The van der Waals surface area contributed by atoms with Gasteiger partial charge in [-0.2, -0.15) is 22.5 Å². The third-order valence-electron chi connectivity index (χ3n) is 7.85. The molecule has 0 radical (unpaired) electrons. The van der Waals surface area contributed by atoms with E-state index in [0.717, 1.165) is 42.5 Å². The maximum absolute atomic E-state index is 13.3. The predicted octanol–water partition coefficient (Wildman–Crippen LogP) is 7.85. The fourth-order valence-electron chi connectivity index (χ4n) is 5.75. The van der Waals surface area contributed by atoms with Gasteiger partial charge in [0, 0.05) is 24.1 Å². The molecule has 3 aromatic rings. The van der Waals surface area contributed by atoms with Gasteiger partial charge in [-0.15, -0.1) is 0 Å². The van der Waals surface area contributed by atoms with E-state index in [-0.39, 0.29) is 41.3 Å². The van der Waals surface area contributed by atoms with E-state index in [9.17, 15) is 27.9 Å². The summed E-state index contributed by atoms with van der Waals surface area (Å²) >= 11 is 0.638. The van der Waals surface area contributed by atoms with Crippen LogP contribution in [0.2, 0.25) is 0 Å². The Bertz CT molecular complexity index is 1420. The SMILES string of the molecule is COC(=O)C[C@@H](C)c1ccc(N(CC(C)C)C2CCC(c3ccccc3C(=O)O)CC2)c(Nc2nc(C(F)(F)F)ns2)c1.